The van der Waals surface area contributed by atoms with Crippen LogP contribution >= 0.6 is 0 Å². The van der Waals surface area contributed by atoms with Crippen LogP contribution in [0.2, 0.25) is 0 Å². The van der Waals surface area contributed by atoms with Crippen molar-refractivity contribution in [3.8, 4) is 0 Å². The Kier molecular flexibility index (Phi) is 14.2. The minimum absolute atomic E-state index is 0.0138. The van der Waals surface area contributed by atoms with Gasteiger partial charge in [-0.25, -0.2) is 17.9 Å². The average Bonchev–Trinajstić information content (AvgIpc) is 3.49. The van der Waals surface area contributed by atoms with Crippen molar-refractivity contribution in [2.45, 2.75) is 114 Å². The molecule has 2 aliphatic carbocycles. The standard InChI is InChI=1S/C35H52N4O9S/c1-6-26-22-35(26,37-30(41)24-39(23-25-16-12-13-17-25)33(44)48-34(2,3)4)32(43)38-49(45,46)28-19-15-14-18-27(28)36-29(40)20-10-8-7-9-11-21-31(42)47-5/h6,14-15,18-19,25-26H,1,7-13,16-17,20-24H2,2-5H3,(H,36,40)(H,37,41)(H,38,43)/t26-,35-/m1/s1. The van der Waals surface area contributed by atoms with E-state index in [9.17, 15) is 32.4 Å². The summed E-state index contributed by atoms with van der Waals surface area (Å²) in [6.07, 6.45) is 9.16. The zero-order valence-electron chi connectivity index (χ0n) is 29.2. The van der Waals surface area contributed by atoms with Crippen molar-refractivity contribution in [1.29, 1.82) is 0 Å². The zero-order valence-corrected chi connectivity index (χ0v) is 30.0. The molecular formula is C35H52N4O9S. The highest BCUT2D eigenvalue weighted by Gasteiger charge is 2.60. The molecule has 2 aliphatic rings. The van der Waals surface area contributed by atoms with Crippen LogP contribution < -0.4 is 15.4 Å². The van der Waals surface area contributed by atoms with Gasteiger partial charge in [-0.3, -0.25) is 24.1 Å². The second-order valence-electron chi connectivity index (χ2n) is 13.9. The summed E-state index contributed by atoms with van der Waals surface area (Å²) in [4.78, 5) is 64.8. The van der Waals surface area contributed by atoms with Crippen molar-refractivity contribution < 1.29 is 41.9 Å². The van der Waals surface area contributed by atoms with E-state index >= 15 is 0 Å². The summed E-state index contributed by atoms with van der Waals surface area (Å²) in [6.45, 7) is 8.91. The van der Waals surface area contributed by atoms with E-state index in [1.54, 1.807) is 26.8 Å². The molecule has 13 nitrogen and oxygen atoms in total. The Morgan fingerprint density at radius 2 is 1.61 bits per heavy atom. The highest BCUT2D eigenvalue weighted by molar-refractivity contribution is 7.90. The number of anilines is 1. The van der Waals surface area contributed by atoms with E-state index in [-0.39, 0.29) is 47.8 Å². The van der Waals surface area contributed by atoms with E-state index in [1.165, 1.54) is 36.3 Å². The van der Waals surface area contributed by atoms with Crippen molar-refractivity contribution in [3.05, 3.63) is 36.9 Å². The van der Waals surface area contributed by atoms with Crippen LogP contribution in [0.3, 0.4) is 0 Å². The number of amides is 4. The molecule has 4 amide bonds. The number of hydrogen-bond donors (Lipinski definition) is 3. The fourth-order valence-electron chi connectivity index (χ4n) is 6.00. The molecule has 0 aromatic heterocycles. The molecule has 49 heavy (non-hydrogen) atoms. The maximum absolute atomic E-state index is 13.6. The van der Waals surface area contributed by atoms with Gasteiger partial charge in [0, 0.05) is 25.3 Å². The van der Waals surface area contributed by atoms with Gasteiger partial charge in [0.15, 0.2) is 0 Å². The van der Waals surface area contributed by atoms with Crippen LogP contribution in [0.1, 0.15) is 97.8 Å². The molecule has 0 bridgehead atoms. The summed E-state index contributed by atoms with van der Waals surface area (Å²) < 4.78 is 39.3. The summed E-state index contributed by atoms with van der Waals surface area (Å²) in [5, 5.41) is 5.32. The van der Waals surface area contributed by atoms with Gasteiger partial charge in [0.05, 0.1) is 12.8 Å². The van der Waals surface area contributed by atoms with Crippen LogP contribution in [0.5, 0.6) is 0 Å². The summed E-state index contributed by atoms with van der Waals surface area (Å²) in [7, 11) is -3.14. The number of nitrogens with one attached hydrogen (secondary N) is 3. The molecule has 2 atom stereocenters. The van der Waals surface area contributed by atoms with E-state index in [4.69, 9.17) is 4.74 Å². The first-order chi connectivity index (χ1) is 23.1. The zero-order chi connectivity index (χ0) is 36.2. The molecule has 1 aromatic carbocycles. The number of rotatable bonds is 18. The quantitative estimate of drug-likeness (QED) is 0.110. The third-order valence-electron chi connectivity index (χ3n) is 8.70. The first-order valence-corrected chi connectivity index (χ1v) is 18.5. The molecule has 3 N–H and O–H groups in total. The number of methoxy groups -OCH3 is 1. The molecule has 0 unspecified atom stereocenters. The van der Waals surface area contributed by atoms with E-state index in [0.29, 0.717) is 25.8 Å². The largest absolute Gasteiger partial charge is 0.469 e. The molecule has 2 saturated carbocycles. The van der Waals surface area contributed by atoms with Crippen molar-refractivity contribution >= 4 is 45.5 Å². The monoisotopic (exact) mass is 704 g/mol. The Morgan fingerprint density at radius 3 is 2.22 bits per heavy atom. The van der Waals surface area contributed by atoms with Gasteiger partial charge in [-0.2, -0.15) is 0 Å². The topological polar surface area (TPSA) is 177 Å². The number of benzene rings is 1. The maximum Gasteiger partial charge on any atom is 0.410 e. The lowest BCUT2D eigenvalue weighted by molar-refractivity contribution is -0.140. The van der Waals surface area contributed by atoms with Crippen molar-refractivity contribution in [2.24, 2.45) is 11.8 Å². The number of hydrogen-bond acceptors (Lipinski definition) is 9. The molecular weight excluding hydrogens is 652 g/mol. The number of carbonyl (C=O) groups excluding carboxylic acids is 5. The fourth-order valence-corrected chi connectivity index (χ4v) is 7.21. The Labute approximate surface area is 290 Å². The molecule has 14 heteroatoms. The lowest BCUT2D eigenvalue weighted by Gasteiger charge is -2.29. The Balaban J connectivity index is 1.63. The predicted octanol–water partition coefficient (Wildman–Crippen LogP) is 4.82. The molecule has 0 saturated heterocycles. The fraction of sp³-hybridized carbons (Fsp3) is 0.629. The van der Waals surface area contributed by atoms with Gasteiger partial charge in [-0.15, -0.1) is 6.58 Å². The first-order valence-electron chi connectivity index (χ1n) is 17.0. The van der Waals surface area contributed by atoms with E-state index in [0.717, 1.165) is 44.9 Å². The van der Waals surface area contributed by atoms with Crippen LogP contribution in [-0.4, -0.2) is 74.4 Å². The van der Waals surface area contributed by atoms with Gasteiger partial charge in [0.1, 0.15) is 22.6 Å². The third kappa shape index (κ3) is 12.2. The number of unbranched alkanes of at least 4 members (excludes halogenated alkanes) is 4. The van der Waals surface area contributed by atoms with Crippen molar-refractivity contribution in [2.75, 3.05) is 25.5 Å². The highest BCUT2D eigenvalue weighted by atomic mass is 32.2. The minimum atomic E-state index is -4.49. The minimum Gasteiger partial charge on any atom is -0.469 e. The molecule has 3 rings (SSSR count). The summed E-state index contributed by atoms with van der Waals surface area (Å²) in [6, 6.07) is 5.74. The van der Waals surface area contributed by atoms with Crippen LogP contribution in [0.4, 0.5) is 10.5 Å². The average molecular weight is 705 g/mol. The molecule has 0 radical (unpaired) electrons. The van der Waals surface area contributed by atoms with Crippen LogP contribution in [0.15, 0.2) is 41.8 Å². The predicted molar refractivity (Wildman–Crippen MR) is 184 cm³/mol. The molecule has 0 heterocycles. The second-order valence-corrected chi connectivity index (χ2v) is 15.6. The van der Waals surface area contributed by atoms with Gasteiger partial charge in [0.2, 0.25) is 11.8 Å². The number of sulfonamides is 1. The number of esters is 1. The Bertz CT molecular complexity index is 1470. The lowest BCUT2D eigenvalue weighted by Crippen LogP contribution is -2.54. The molecule has 1 aromatic rings. The van der Waals surface area contributed by atoms with Gasteiger partial charge in [-0.1, -0.05) is 50.3 Å². The summed E-state index contributed by atoms with van der Waals surface area (Å²) in [5.41, 5.74) is -2.33. The van der Waals surface area contributed by atoms with Gasteiger partial charge < -0.3 is 20.1 Å². The number of carbonyl (C=O) groups is 5. The van der Waals surface area contributed by atoms with Crippen LogP contribution in [0, 0.1) is 11.8 Å². The molecule has 2 fully saturated rings. The van der Waals surface area contributed by atoms with E-state index in [2.05, 4.69) is 26.7 Å². The SMILES string of the molecule is C=C[C@@H]1C[C@]1(NC(=O)CN(CC1CCCC1)C(=O)OC(C)(C)C)C(=O)NS(=O)(=O)c1ccccc1NC(=O)CCCCCCCC(=O)OC. The van der Waals surface area contributed by atoms with Crippen LogP contribution in [-0.2, 0) is 38.7 Å². The molecule has 272 valence electrons. The number of ether oxygens (including phenoxy) is 2. The molecule has 0 aliphatic heterocycles. The number of para-hydroxylation sites is 1. The third-order valence-corrected chi connectivity index (χ3v) is 10.1. The van der Waals surface area contributed by atoms with Gasteiger partial charge in [0.25, 0.3) is 15.9 Å². The maximum atomic E-state index is 13.6. The van der Waals surface area contributed by atoms with Gasteiger partial charge in [-0.05, 0) is 70.9 Å². The smallest absolute Gasteiger partial charge is 0.410 e. The second kappa shape index (κ2) is 17.6. The van der Waals surface area contributed by atoms with Crippen molar-refractivity contribution in [1.82, 2.24) is 14.9 Å². The lowest BCUT2D eigenvalue weighted by atomic mass is 10.1. The first kappa shape index (κ1) is 39.5. The normalized spacial score (nSPS) is 19.0. The summed E-state index contributed by atoms with van der Waals surface area (Å²) >= 11 is 0. The van der Waals surface area contributed by atoms with Crippen molar-refractivity contribution in [3.63, 3.8) is 0 Å². The Morgan fingerprint density at radius 1 is 0.980 bits per heavy atom. The van der Waals surface area contributed by atoms with Gasteiger partial charge >= 0.3 is 12.1 Å². The number of nitrogens with zero attached hydrogens (tertiary/aromatic N) is 1. The molecule has 0 spiro atoms. The summed E-state index contributed by atoms with van der Waals surface area (Å²) in [5.74, 6) is -2.51. The highest BCUT2D eigenvalue weighted by Crippen LogP contribution is 2.45. The van der Waals surface area contributed by atoms with Crippen LogP contribution in [0.25, 0.3) is 0 Å². The van der Waals surface area contributed by atoms with E-state index < -0.39 is 45.0 Å². The Hall–Kier alpha value is -3.94. The van der Waals surface area contributed by atoms with E-state index in [1.807, 2.05) is 0 Å².